The second-order valence-corrected chi connectivity index (χ2v) is 15.8. The number of hydrogen-bond acceptors (Lipinski definition) is 1. The molecule has 60 heavy (non-hydrogen) atoms. The van der Waals surface area contributed by atoms with Crippen LogP contribution in [-0.4, -0.2) is 0 Å². The van der Waals surface area contributed by atoms with Gasteiger partial charge >= 0.3 is 0 Å². The third-order valence-electron chi connectivity index (χ3n) is 11.9. The summed E-state index contributed by atoms with van der Waals surface area (Å²) in [7, 11) is 0. The van der Waals surface area contributed by atoms with E-state index in [4.69, 9.17) is 0 Å². The zero-order valence-corrected chi connectivity index (χ0v) is 34.8. The number of fused-ring (bicyclic) bond motifs is 3. The fraction of sp³-hybridized carbons (Fsp3) is 0.0847. The Morgan fingerprint density at radius 2 is 0.683 bits per heavy atom. The van der Waals surface area contributed by atoms with Gasteiger partial charge in [-0.2, -0.15) is 0 Å². The Labute approximate surface area is 355 Å². The summed E-state index contributed by atoms with van der Waals surface area (Å²) >= 11 is 0. The van der Waals surface area contributed by atoms with Gasteiger partial charge in [-0.15, -0.1) is 0 Å². The summed E-state index contributed by atoms with van der Waals surface area (Å²) in [6, 6.07) is 82.0. The Bertz CT molecular complexity index is 2820. The standard InChI is InChI=1S/C57H43N.C2H6/c1-57(2)54-26-16-15-25-52(54)53-34-32-50(39-55(53)57)58(49-30-27-44(28-31-49)40-17-7-3-8-18-40)56-38-45(41-19-9-4-10-20-41)29-33-51(56)48-36-46(42-21-11-5-12-22-42)35-47(37-48)43-23-13-6-14-24-43;1-2/h3-39H,1-2H3;1-2H3. The summed E-state index contributed by atoms with van der Waals surface area (Å²) in [5.74, 6) is 0. The van der Waals surface area contributed by atoms with E-state index in [0.29, 0.717) is 0 Å². The highest BCUT2D eigenvalue weighted by molar-refractivity contribution is 5.95. The third-order valence-corrected chi connectivity index (χ3v) is 11.9. The molecule has 9 aromatic rings. The lowest BCUT2D eigenvalue weighted by molar-refractivity contribution is 0.660. The molecule has 0 heterocycles. The maximum absolute atomic E-state index is 2.48. The van der Waals surface area contributed by atoms with E-state index < -0.39 is 0 Å². The summed E-state index contributed by atoms with van der Waals surface area (Å²) in [5, 5.41) is 0. The van der Waals surface area contributed by atoms with Crippen molar-refractivity contribution >= 4 is 17.1 Å². The third kappa shape index (κ3) is 7.25. The molecule has 0 amide bonds. The minimum Gasteiger partial charge on any atom is -0.310 e. The lowest BCUT2D eigenvalue weighted by Crippen LogP contribution is -2.17. The average molecular weight is 772 g/mol. The van der Waals surface area contributed by atoms with Gasteiger partial charge in [-0.05, 0) is 121 Å². The number of hydrogen-bond donors (Lipinski definition) is 0. The summed E-state index contributed by atoms with van der Waals surface area (Å²) in [6.07, 6.45) is 0. The van der Waals surface area contributed by atoms with Crippen molar-refractivity contribution in [3.05, 3.63) is 236 Å². The molecule has 0 spiro atoms. The van der Waals surface area contributed by atoms with Crippen molar-refractivity contribution in [3.8, 4) is 66.8 Å². The summed E-state index contributed by atoms with van der Waals surface area (Å²) in [5.41, 5.74) is 20.4. The average Bonchev–Trinajstić information content (AvgIpc) is 3.56. The van der Waals surface area contributed by atoms with Crippen LogP contribution in [0.5, 0.6) is 0 Å². The SMILES string of the molecule is CC.CC1(C)c2ccccc2-c2ccc(N(c3ccc(-c4ccccc4)cc3)c3cc(-c4ccccc4)ccc3-c3cc(-c4ccccc4)cc(-c4ccccc4)c3)cc21. The van der Waals surface area contributed by atoms with E-state index in [-0.39, 0.29) is 5.41 Å². The van der Waals surface area contributed by atoms with Crippen LogP contribution in [0.25, 0.3) is 66.8 Å². The molecule has 1 heteroatoms. The fourth-order valence-electron chi connectivity index (χ4n) is 8.84. The van der Waals surface area contributed by atoms with E-state index in [1.165, 1.54) is 66.8 Å². The van der Waals surface area contributed by atoms with Crippen LogP contribution in [0, 0.1) is 0 Å². The molecule has 0 saturated carbocycles. The highest BCUT2D eigenvalue weighted by atomic mass is 15.1. The van der Waals surface area contributed by atoms with Crippen molar-refractivity contribution in [2.75, 3.05) is 4.90 Å². The van der Waals surface area contributed by atoms with Crippen molar-refractivity contribution in [1.29, 1.82) is 0 Å². The van der Waals surface area contributed by atoms with Crippen molar-refractivity contribution in [2.45, 2.75) is 33.1 Å². The molecular formula is C59H49N. The monoisotopic (exact) mass is 771 g/mol. The van der Waals surface area contributed by atoms with Gasteiger partial charge in [-0.25, -0.2) is 0 Å². The van der Waals surface area contributed by atoms with Crippen molar-refractivity contribution in [1.82, 2.24) is 0 Å². The molecule has 1 nitrogen and oxygen atoms in total. The Hall–Kier alpha value is -7.22. The molecule has 0 aromatic heterocycles. The second kappa shape index (κ2) is 16.6. The molecule has 0 radical (unpaired) electrons. The largest absolute Gasteiger partial charge is 0.310 e. The summed E-state index contributed by atoms with van der Waals surface area (Å²) in [6.45, 7) is 8.73. The van der Waals surface area contributed by atoms with Crippen LogP contribution in [0.4, 0.5) is 17.1 Å². The molecule has 0 fully saturated rings. The maximum Gasteiger partial charge on any atom is 0.0546 e. The Balaban J connectivity index is 0.00000228. The summed E-state index contributed by atoms with van der Waals surface area (Å²) < 4.78 is 0. The van der Waals surface area contributed by atoms with Gasteiger partial charge in [0.2, 0.25) is 0 Å². The van der Waals surface area contributed by atoms with Crippen LogP contribution in [-0.2, 0) is 5.41 Å². The first-order valence-electron chi connectivity index (χ1n) is 21.2. The zero-order valence-electron chi connectivity index (χ0n) is 34.8. The van der Waals surface area contributed by atoms with E-state index in [9.17, 15) is 0 Å². The van der Waals surface area contributed by atoms with E-state index >= 15 is 0 Å². The molecule has 0 N–H and O–H groups in total. The summed E-state index contributed by atoms with van der Waals surface area (Å²) in [4.78, 5) is 2.48. The van der Waals surface area contributed by atoms with Gasteiger partial charge in [-0.3, -0.25) is 0 Å². The van der Waals surface area contributed by atoms with Crippen LogP contribution >= 0.6 is 0 Å². The first-order chi connectivity index (χ1) is 29.5. The first kappa shape index (κ1) is 38.3. The smallest absolute Gasteiger partial charge is 0.0546 e. The molecular weight excluding hydrogens is 723 g/mol. The first-order valence-corrected chi connectivity index (χ1v) is 21.2. The van der Waals surface area contributed by atoms with E-state index in [2.05, 4.69) is 243 Å². The van der Waals surface area contributed by atoms with Gasteiger partial charge in [0.25, 0.3) is 0 Å². The van der Waals surface area contributed by atoms with Gasteiger partial charge < -0.3 is 4.90 Å². The fourth-order valence-corrected chi connectivity index (χ4v) is 8.84. The van der Waals surface area contributed by atoms with Crippen LogP contribution in [0.3, 0.4) is 0 Å². The van der Waals surface area contributed by atoms with Gasteiger partial charge in [0, 0.05) is 22.4 Å². The van der Waals surface area contributed by atoms with Crippen LogP contribution in [0.2, 0.25) is 0 Å². The van der Waals surface area contributed by atoms with Crippen LogP contribution < -0.4 is 4.90 Å². The lowest BCUT2D eigenvalue weighted by Gasteiger charge is -2.30. The Morgan fingerprint density at radius 3 is 1.25 bits per heavy atom. The number of benzene rings is 9. The minimum absolute atomic E-state index is 0.145. The van der Waals surface area contributed by atoms with Crippen molar-refractivity contribution < 1.29 is 0 Å². The molecule has 1 aliphatic rings. The predicted molar refractivity (Wildman–Crippen MR) is 257 cm³/mol. The predicted octanol–water partition coefficient (Wildman–Crippen LogP) is 16.8. The Kier molecular flexibility index (Phi) is 10.6. The van der Waals surface area contributed by atoms with Gasteiger partial charge in [0.15, 0.2) is 0 Å². The zero-order chi connectivity index (χ0) is 41.1. The van der Waals surface area contributed by atoms with Crippen LogP contribution in [0.1, 0.15) is 38.8 Å². The molecule has 0 aliphatic heterocycles. The van der Waals surface area contributed by atoms with Gasteiger partial charge in [0.1, 0.15) is 0 Å². The number of anilines is 3. The quantitative estimate of drug-likeness (QED) is 0.149. The van der Waals surface area contributed by atoms with E-state index in [1.807, 2.05) is 13.8 Å². The highest BCUT2D eigenvalue weighted by Gasteiger charge is 2.36. The second-order valence-electron chi connectivity index (χ2n) is 15.8. The highest BCUT2D eigenvalue weighted by Crippen LogP contribution is 2.52. The number of rotatable bonds is 8. The molecule has 0 atom stereocenters. The van der Waals surface area contributed by atoms with Gasteiger partial charge in [0.05, 0.1) is 5.69 Å². The Morgan fingerprint density at radius 1 is 0.283 bits per heavy atom. The lowest BCUT2D eigenvalue weighted by atomic mass is 9.82. The molecule has 1 aliphatic carbocycles. The molecule has 290 valence electrons. The van der Waals surface area contributed by atoms with Gasteiger partial charge in [-0.1, -0.05) is 204 Å². The molecule has 0 bridgehead atoms. The molecule has 0 unspecified atom stereocenters. The molecule has 10 rings (SSSR count). The van der Waals surface area contributed by atoms with E-state index in [0.717, 1.165) is 28.2 Å². The number of nitrogens with zero attached hydrogens (tertiary/aromatic N) is 1. The normalized spacial score (nSPS) is 12.1. The van der Waals surface area contributed by atoms with Crippen LogP contribution in [0.15, 0.2) is 224 Å². The topological polar surface area (TPSA) is 3.24 Å². The molecule has 0 saturated heterocycles. The molecule has 9 aromatic carbocycles. The van der Waals surface area contributed by atoms with Crippen molar-refractivity contribution in [3.63, 3.8) is 0 Å². The maximum atomic E-state index is 2.48. The minimum atomic E-state index is -0.145. The van der Waals surface area contributed by atoms with E-state index in [1.54, 1.807) is 0 Å². The van der Waals surface area contributed by atoms with Crippen molar-refractivity contribution in [2.24, 2.45) is 0 Å².